The first-order valence-corrected chi connectivity index (χ1v) is 6.04. The maximum absolute atomic E-state index is 11.7. The Balaban J connectivity index is 2.60. The summed E-state index contributed by atoms with van der Waals surface area (Å²) in [6.07, 6.45) is 0. The highest BCUT2D eigenvalue weighted by atomic mass is 35.5. The van der Waals surface area contributed by atoms with Crippen LogP contribution < -0.4 is 5.73 Å². The monoisotopic (exact) mass is 280 g/mol. The van der Waals surface area contributed by atoms with Crippen molar-refractivity contribution in [3.05, 3.63) is 23.9 Å². The molecule has 1 heterocycles. The van der Waals surface area contributed by atoms with E-state index < -0.39 is 5.97 Å². The largest absolute Gasteiger partial charge is 0.464 e. The van der Waals surface area contributed by atoms with Gasteiger partial charge in [0.05, 0.1) is 24.2 Å². The van der Waals surface area contributed by atoms with Crippen molar-refractivity contribution in [2.45, 2.75) is 0 Å². The Kier molecular flexibility index (Phi) is 3.71. The molecule has 2 N–H and O–H groups in total. The van der Waals surface area contributed by atoms with Gasteiger partial charge in [0.15, 0.2) is 5.69 Å². The molecule has 1 aromatic carbocycles. The number of amidine groups is 1. The van der Waals surface area contributed by atoms with Crippen LogP contribution in [0, 0.1) is 0 Å². The van der Waals surface area contributed by atoms with E-state index in [0.717, 1.165) is 5.52 Å². The molecule has 100 valence electrons. The van der Waals surface area contributed by atoms with Gasteiger partial charge in [-0.05, 0) is 18.2 Å². The van der Waals surface area contributed by atoms with Crippen molar-refractivity contribution >= 4 is 40.0 Å². The number of nitrogens with zero attached hydrogens (tertiary/aromatic N) is 3. The van der Waals surface area contributed by atoms with E-state index in [1.165, 1.54) is 7.11 Å². The van der Waals surface area contributed by atoms with Crippen molar-refractivity contribution in [3.63, 3.8) is 0 Å². The van der Waals surface area contributed by atoms with Crippen LogP contribution >= 0.6 is 11.6 Å². The molecule has 0 fully saturated rings. The molecule has 0 aliphatic rings. The molecule has 6 nitrogen and oxygen atoms in total. The molecule has 0 saturated heterocycles. The molecule has 0 saturated carbocycles. The average Bonchev–Trinajstić information content (AvgIpc) is 2.74. The third kappa shape index (κ3) is 2.53. The molecule has 0 bridgehead atoms. The Hall–Kier alpha value is -2.08. The molecule has 7 heteroatoms. The number of aryl methyl sites for hydroxylation is 1. The quantitative estimate of drug-likeness (QED) is 0.400. The molecular formula is C12H13ClN4O2. The zero-order valence-corrected chi connectivity index (χ0v) is 11.3. The van der Waals surface area contributed by atoms with E-state index in [1.54, 1.807) is 23.9 Å². The summed E-state index contributed by atoms with van der Waals surface area (Å²) in [5.41, 5.74) is 7.26. The number of aliphatic imine (C=N–C) groups is 1. The topological polar surface area (TPSA) is 82.5 Å². The summed E-state index contributed by atoms with van der Waals surface area (Å²) in [6.45, 7) is 0. The van der Waals surface area contributed by atoms with Crippen molar-refractivity contribution in [1.29, 1.82) is 0 Å². The second-order valence-corrected chi connectivity index (χ2v) is 4.17. The number of alkyl halides is 1. The van der Waals surface area contributed by atoms with Crippen LogP contribution in [0.4, 0.5) is 5.69 Å². The second kappa shape index (κ2) is 5.27. The zero-order valence-electron chi connectivity index (χ0n) is 10.6. The van der Waals surface area contributed by atoms with Gasteiger partial charge < -0.3 is 10.5 Å². The summed E-state index contributed by atoms with van der Waals surface area (Å²) in [7, 11) is 3.07. The lowest BCUT2D eigenvalue weighted by Crippen LogP contribution is -2.12. The number of halogens is 1. The molecule has 0 radical (unpaired) electrons. The van der Waals surface area contributed by atoms with E-state index in [9.17, 15) is 4.79 Å². The minimum atomic E-state index is -0.489. The van der Waals surface area contributed by atoms with Gasteiger partial charge in [0.2, 0.25) is 0 Å². The van der Waals surface area contributed by atoms with E-state index in [2.05, 4.69) is 10.1 Å². The fourth-order valence-electron chi connectivity index (χ4n) is 1.77. The average molecular weight is 281 g/mol. The molecule has 0 aliphatic carbocycles. The summed E-state index contributed by atoms with van der Waals surface area (Å²) in [4.78, 5) is 15.8. The molecule has 0 unspecified atom stereocenters. The van der Waals surface area contributed by atoms with E-state index in [-0.39, 0.29) is 11.6 Å². The molecule has 2 aromatic rings. The molecule has 19 heavy (non-hydrogen) atoms. The Morgan fingerprint density at radius 2 is 2.32 bits per heavy atom. The van der Waals surface area contributed by atoms with Crippen LogP contribution in [0.1, 0.15) is 10.5 Å². The van der Waals surface area contributed by atoms with Crippen LogP contribution in [-0.2, 0) is 11.8 Å². The van der Waals surface area contributed by atoms with Crippen LogP contribution in [0.15, 0.2) is 23.2 Å². The predicted octanol–water partition coefficient (Wildman–Crippen LogP) is 1.59. The lowest BCUT2D eigenvalue weighted by Gasteiger charge is -1.99. The molecule has 0 amide bonds. The van der Waals surface area contributed by atoms with Gasteiger partial charge in [0, 0.05) is 12.4 Å². The minimum Gasteiger partial charge on any atom is -0.464 e. The SMILES string of the molecule is COC(=O)c1nn(C)c2ccc(N=C(N)CCl)cc12. The maximum Gasteiger partial charge on any atom is 0.359 e. The number of ether oxygens (including phenoxy) is 1. The number of hydrogen-bond donors (Lipinski definition) is 1. The summed E-state index contributed by atoms with van der Waals surface area (Å²) in [5, 5.41) is 4.80. The molecule has 1 aromatic heterocycles. The van der Waals surface area contributed by atoms with Gasteiger partial charge in [0.1, 0.15) is 5.84 Å². The lowest BCUT2D eigenvalue weighted by molar-refractivity contribution is 0.0595. The Morgan fingerprint density at radius 3 is 2.95 bits per heavy atom. The maximum atomic E-state index is 11.7. The zero-order chi connectivity index (χ0) is 14.0. The minimum absolute atomic E-state index is 0.148. The van der Waals surface area contributed by atoms with Crippen molar-refractivity contribution < 1.29 is 9.53 Å². The van der Waals surface area contributed by atoms with Gasteiger partial charge in [-0.3, -0.25) is 4.68 Å². The van der Waals surface area contributed by atoms with Gasteiger partial charge in [-0.15, -0.1) is 11.6 Å². The number of benzene rings is 1. The first-order chi connectivity index (χ1) is 9.06. The van der Waals surface area contributed by atoms with Crippen molar-refractivity contribution in [1.82, 2.24) is 9.78 Å². The van der Waals surface area contributed by atoms with E-state index in [0.29, 0.717) is 16.9 Å². The molecule has 0 spiro atoms. The Morgan fingerprint density at radius 1 is 1.58 bits per heavy atom. The molecule has 0 atom stereocenters. The van der Waals surface area contributed by atoms with E-state index in [4.69, 9.17) is 22.1 Å². The van der Waals surface area contributed by atoms with Crippen LogP contribution in [0.5, 0.6) is 0 Å². The first kappa shape index (κ1) is 13.4. The third-order valence-electron chi connectivity index (χ3n) is 2.62. The molecule has 0 aliphatic heterocycles. The fourth-order valence-corrected chi connectivity index (χ4v) is 1.83. The lowest BCUT2D eigenvalue weighted by atomic mass is 10.2. The van der Waals surface area contributed by atoms with Gasteiger partial charge in [-0.2, -0.15) is 5.10 Å². The highest BCUT2D eigenvalue weighted by Gasteiger charge is 2.16. The highest BCUT2D eigenvalue weighted by molar-refractivity contribution is 6.28. The smallest absolute Gasteiger partial charge is 0.359 e. The van der Waals surface area contributed by atoms with Gasteiger partial charge in [-0.25, -0.2) is 9.79 Å². The number of carbonyl (C=O) groups is 1. The number of hydrogen-bond acceptors (Lipinski definition) is 4. The standard InChI is InChI=1S/C12H13ClN4O2/c1-17-9-4-3-7(15-10(14)6-13)5-8(9)11(16-17)12(18)19-2/h3-5H,6H2,1-2H3,(H2,14,15). The number of carbonyl (C=O) groups excluding carboxylic acids is 1. The van der Waals surface area contributed by atoms with E-state index >= 15 is 0 Å². The Labute approximate surface area is 114 Å². The van der Waals surface area contributed by atoms with E-state index in [1.807, 2.05) is 6.07 Å². The molecular weight excluding hydrogens is 268 g/mol. The van der Waals surface area contributed by atoms with Gasteiger partial charge >= 0.3 is 5.97 Å². The first-order valence-electron chi connectivity index (χ1n) is 5.51. The summed E-state index contributed by atoms with van der Waals surface area (Å²) >= 11 is 5.58. The number of aromatic nitrogens is 2. The number of esters is 1. The number of fused-ring (bicyclic) bond motifs is 1. The summed E-state index contributed by atoms with van der Waals surface area (Å²) < 4.78 is 6.31. The second-order valence-electron chi connectivity index (χ2n) is 3.90. The van der Waals surface area contributed by atoms with Crippen LogP contribution in [0.2, 0.25) is 0 Å². The van der Waals surface area contributed by atoms with Gasteiger partial charge in [-0.1, -0.05) is 0 Å². The summed E-state index contributed by atoms with van der Waals surface area (Å²) in [6, 6.07) is 5.33. The summed E-state index contributed by atoms with van der Waals surface area (Å²) in [5.74, 6) is -0.0313. The third-order valence-corrected chi connectivity index (χ3v) is 2.90. The van der Waals surface area contributed by atoms with Crippen molar-refractivity contribution in [3.8, 4) is 0 Å². The number of nitrogens with two attached hydrogens (primary N) is 1. The van der Waals surface area contributed by atoms with Crippen LogP contribution in [-0.4, -0.2) is 34.6 Å². The highest BCUT2D eigenvalue weighted by Crippen LogP contribution is 2.24. The number of methoxy groups -OCH3 is 1. The number of rotatable bonds is 3. The van der Waals surface area contributed by atoms with Crippen molar-refractivity contribution in [2.75, 3.05) is 13.0 Å². The van der Waals surface area contributed by atoms with Crippen LogP contribution in [0.3, 0.4) is 0 Å². The molecule has 2 rings (SSSR count). The Bertz CT molecular complexity index is 663. The predicted molar refractivity (Wildman–Crippen MR) is 74.1 cm³/mol. The van der Waals surface area contributed by atoms with Crippen LogP contribution in [0.25, 0.3) is 10.9 Å². The normalized spacial score (nSPS) is 11.8. The van der Waals surface area contributed by atoms with Gasteiger partial charge in [0.25, 0.3) is 0 Å². The fraction of sp³-hybridized carbons (Fsp3) is 0.250. The van der Waals surface area contributed by atoms with Crippen molar-refractivity contribution in [2.24, 2.45) is 17.8 Å².